The summed E-state index contributed by atoms with van der Waals surface area (Å²) in [4.78, 5) is 29.0. The molecule has 0 spiro atoms. The molecule has 142 valence electrons. The quantitative estimate of drug-likeness (QED) is 0.720. The lowest BCUT2D eigenvalue weighted by molar-refractivity contribution is -0.115. The highest BCUT2D eigenvalue weighted by Crippen LogP contribution is 2.24. The Morgan fingerprint density at radius 2 is 1.89 bits per heavy atom. The summed E-state index contributed by atoms with van der Waals surface area (Å²) in [5, 5.41) is 5.46. The molecule has 2 aromatic carbocycles. The van der Waals surface area contributed by atoms with Crippen molar-refractivity contribution < 1.29 is 9.59 Å². The van der Waals surface area contributed by atoms with Crippen LogP contribution >= 0.6 is 0 Å². The normalized spacial score (nSPS) is 12.9. The van der Waals surface area contributed by atoms with E-state index in [2.05, 4.69) is 21.4 Å². The number of carbonyl (C=O) groups is 2. The zero-order valence-corrected chi connectivity index (χ0v) is 15.5. The van der Waals surface area contributed by atoms with E-state index >= 15 is 0 Å². The zero-order chi connectivity index (χ0) is 19.3. The fourth-order valence-corrected chi connectivity index (χ4v) is 3.37. The maximum absolute atomic E-state index is 12.2. The van der Waals surface area contributed by atoms with Crippen molar-refractivity contribution in [2.24, 2.45) is 0 Å². The van der Waals surface area contributed by atoms with Crippen molar-refractivity contribution in [1.29, 1.82) is 0 Å². The lowest BCUT2D eigenvalue weighted by atomic mass is 10.1. The molecule has 0 saturated heterocycles. The van der Waals surface area contributed by atoms with E-state index in [1.807, 2.05) is 30.3 Å². The van der Waals surface area contributed by atoms with E-state index in [0.29, 0.717) is 11.3 Å². The third kappa shape index (κ3) is 4.11. The number of nitrogens with one attached hydrogen (secondary N) is 2. The molecule has 6 heteroatoms. The number of amides is 2. The molecule has 0 unspecified atom stereocenters. The second-order valence-corrected chi connectivity index (χ2v) is 6.87. The van der Waals surface area contributed by atoms with Crippen LogP contribution in [0.15, 0.2) is 60.8 Å². The second-order valence-electron chi connectivity index (χ2n) is 6.87. The molecule has 0 bridgehead atoms. The average molecular weight is 374 g/mol. The van der Waals surface area contributed by atoms with Gasteiger partial charge in [-0.1, -0.05) is 30.3 Å². The second kappa shape index (κ2) is 8.08. The first-order valence-corrected chi connectivity index (χ1v) is 9.48. The average Bonchev–Trinajstić information content (AvgIpc) is 3.17. The Hall–Kier alpha value is -3.41. The number of hydrogen-bond acceptors (Lipinski definition) is 3. The molecular formula is C22H22N4O2. The van der Waals surface area contributed by atoms with Gasteiger partial charge in [-0.2, -0.15) is 0 Å². The van der Waals surface area contributed by atoms with E-state index < -0.39 is 0 Å². The predicted octanol–water partition coefficient (Wildman–Crippen LogP) is 3.25. The molecule has 0 fully saturated rings. The van der Waals surface area contributed by atoms with Gasteiger partial charge >= 0.3 is 0 Å². The summed E-state index contributed by atoms with van der Waals surface area (Å²) in [6.45, 7) is 0.927. The molecule has 6 nitrogen and oxygen atoms in total. The minimum Gasteiger partial charge on any atom is -0.343 e. The van der Waals surface area contributed by atoms with Crippen molar-refractivity contribution in [3.05, 3.63) is 72.2 Å². The summed E-state index contributed by atoms with van der Waals surface area (Å²) >= 11 is 0. The largest absolute Gasteiger partial charge is 0.343 e. The third-order valence-electron chi connectivity index (χ3n) is 4.80. The van der Waals surface area contributed by atoms with Crippen LogP contribution < -0.4 is 10.6 Å². The van der Waals surface area contributed by atoms with Crippen molar-refractivity contribution in [3.63, 3.8) is 0 Å². The predicted molar refractivity (Wildman–Crippen MR) is 108 cm³/mol. The van der Waals surface area contributed by atoms with Gasteiger partial charge in [-0.25, -0.2) is 4.98 Å². The van der Waals surface area contributed by atoms with Gasteiger partial charge < -0.3 is 15.2 Å². The monoisotopic (exact) mass is 374 g/mol. The van der Waals surface area contributed by atoms with E-state index in [1.165, 1.54) is 12.8 Å². The molecule has 1 aromatic heterocycles. The van der Waals surface area contributed by atoms with Crippen LogP contribution in [0, 0.1) is 0 Å². The SMILES string of the molecule is O=C(CNC(=O)c1ccccc1)Nc1cccc(-c2cn3c(n2)CCCC3)c1. The number of aromatic nitrogens is 2. The van der Waals surface area contributed by atoms with Gasteiger partial charge in [-0.05, 0) is 37.1 Å². The Morgan fingerprint density at radius 1 is 1.04 bits per heavy atom. The zero-order valence-electron chi connectivity index (χ0n) is 15.5. The molecule has 0 saturated carbocycles. The lowest BCUT2D eigenvalue weighted by Gasteiger charge is -2.11. The van der Waals surface area contributed by atoms with Crippen molar-refractivity contribution in [2.75, 3.05) is 11.9 Å². The molecule has 3 aromatic rings. The van der Waals surface area contributed by atoms with Crippen LogP contribution in [0.1, 0.15) is 29.0 Å². The third-order valence-corrected chi connectivity index (χ3v) is 4.80. The number of benzene rings is 2. The van der Waals surface area contributed by atoms with Crippen LogP contribution in [-0.4, -0.2) is 27.9 Å². The summed E-state index contributed by atoms with van der Waals surface area (Å²) in [5.74, 6) is 0.581. The minimum atomic E-state index is -0.273. The number of imidazole rings is 1. The summed E-state index contributed by atoms with van der Waals surface area (Å²) in [6.07, 6.45) is 5.46. The molecule has 1 aliphatic rings. The van der Waals surface area contributed by atoms with E-state index in [-0.39, 0.29) is 18.4 Å². The van der Waals surface area contributed by atoms with Crippen molar-refractivity contribution in [3.8, 4) is 11.3 Å². The van der Waals surface area contributed by atoms with Gasteiger partial charge in [0.05, 0.1) is 12.2 Å². The Balaban J connectivity index is 1.38. The molecular weight excluding hydrogens is 352 g/mol. The fourth-order valence-electron chi connectivity index (χ4n) is 3.37. The molecule has 0 atom stereocenters. The topological polar surface area (TPSA) is 76.0 Å². The number of rotatable bonds is 5. The Bertz CT molecular complexity index is 971. The van der Waals surface area contributed by atoms with Crippen LogP contribution in [0.5, 0.6) is 0 Å². The first kappa shape index (κ1) is 18.0. The smallest absolute Gasteiger partial charge is 0.251 e. The van der Waals surface area contributed by atoms with Gasteiger partial charge in [0.2, 0.25) is 5.91 Å². The number of anilines is 1. The summed E-state index contributed by atoms with van der Waals surface area (Å²) in [6, 6.07) is 16.5. The molecule has 2 N–H and O–H groups in total. The molecule has 4 rings (SSSR count). The molecule has 0 aliphatic carbocycles. The van der Waals surface area contributed by atoms with Crippen molar-refractivity contribution >= 4 is 17.5 Å². The highest BCUT2D eigenvalue weighted by molar-refractivity contribution is 5.99. The number of carbonyl (C=O) groups excluding carboxylic acids is 2. The molecule has 2 heterocycles. The molecule has 2 amide bonds. The maximum Gasteiger partial charge on any atom is 0.251 e. The van der Waals surface area contributed by atoms with Crippen LogP contribution in [-0.2, 0) is 17.8 Å². The minimum absolute atomic E-state index is 0.0866. The van der Waals surface area contributed by atoms with Crippen LogP contribution in [0.25, 0.3) is 11.3 Å². The van der Waals surface area contributed by atoms with Crippen molar-refractivity contribution in [1.82, 2.24) is 14.9 Å². The Kier molecular flexibility index (Phi) is 5.19. The first-order chi connectivity index (χ1) is 13.7. The molecule has 0 radical (unpaired) electrons. The van der Waals surface area contributed by atoms with Gasteiger partial charge in [0.15, 0.2) is 0 Å². The van der Waals surface area contributed by atoms with Gasteiger partial charge in [0.25, 0.3) is 5.91 Å². The van der Waals surface area contributed by atoms with Crippen LogP contribution in [0.4, 0.5) is 5.69 Å². The van der Waals surface area contributed by atoms with E-state index in [0.717, 1.165) is 30.0 Å². The number of aryl methyl sites for hydroxylation is 2. The molecule has 28 heavy (non-hydrogen) atoms. The molecule has 1 aliphatic heterocycles. The summed E-state index contributed by atoms with van der Waals surface area (Å²) in [5.41, 5.74) is 3.10. The fraction of sp³-hybridized carbons (Fsp3) is 0.227. The van der Waals surface area contributed by atoms with E-state index in [1.54, 1.807) is 24.3 Å². The van der Waals surface area contributed by atoms with E-state index in [9.17, 15) is 9.59 Å². The van der Waals surface area contributed by atoms with Gasteiger partial charge in [0, 0.05) is 36.0 Å². The maximum atomic E-state index is 12.2. The number of nitrogens with zero attached hydrogens (tertiary/aromatic N) is 2. The highest BCUT2D eigenvalue weighted by atomic mass is 16.2. The number of fused-ring (bicyclic) bond motifs is 1. The van der Waals surface area contributed by atoms with Gasteiger partial charge in [0.1, 0.15) is 5.82 Å². The van der Waals surface area contributed by atoms with Gasteiger partial charge in [-0.3, -0.25) is 9.59 Å². The van der Waals surface area contributed by atoms with Crippen LogP contribution in [0.2, 0.25) is 0 Å². The Labute approximate surface area is 163 Å². The van der Waals surface area contributed by atoms with Crippen molar-refractivity contribution in [2.45, 2.75) is 25.8 Å². The lowest BCUT2D eigenvalue weighted by Crippen LogP contribution is -2.32. The standard InChI is InChI=1S/C22H22N4O2/c27-21(14-23-22(28)16-7-2-1-3-8-16)24-18-10-6-9-17(13-18)19-15-26-12-5-4-11-20(26)25-19/h1-3,6-10,13,15H,4-5,11-12,14H2,(H,23,28)(H,24,27). The Morgan fingerprint density at radius 3 is 2.71 bits per heavy atom. The van der Waals surface area contributed by atoms with Crippen LogP contribution in [0.3, 0.4) is 0 Å². The summed E-state index contributed by atoms with van der Waals surface area (Å²) < 4.78 is 2.21. The number of hydrogen-bond donors (Lipinski definition) is 2. The first-order valence-electron chi connectivity index (χ1n) is 9.48. The summed E-state index contributed by atoms with van der Waals surface area (Å²) in [7, 11) is 0. The highest BCUT2D eigenvalue weighted by Gasteiger charge is 2.14. The van der Waals surface area contributed by atoms with E-state index in [4.69, 9.17) is 4.98 Å². The van der Waals surface area contributed by atoms with Gasteiger partial charge in [-0.15, -0.1) is 0 Å².